The molecule has 1 fully saturated rings. The van der Waals surface area contributed by atoms with Crippen LogP contribution in [0.15, 0.2) is 200 Å². The Bertz CT molecular complexity index is 3170. The molecule has 2 heterocycles. The van der Waals surface area contributed by atoms with Crippen LogP contribution in [-0.2, 0) is 0 Å². The normalized spacial score (nSPS) is 20.5. The van der Waals surface area contributed by atoms with Crippen molar-refractivity contribution in [2.24, 2.45) is 17.3 Å². The van der Waals surface area contributed by atoms with Gasteiger partial charge in [0.05, 0.1) is 23.1 Å². The summed E-state index contributed by atoms with van der Waals surface area (Å²) in [5.74, 6) is 1.75. The van der Waals surface area contributed by atoms with Gasteiger partial charge in [-0.1, -0.05) is 172 Å². The predicted molar refractivity (Wildman–Crippen MR) is 249 cm³/mol. The number of nitrogens with zero attached hydrogens (tertiary/aromatic N) is 3. The third-order valence-electron chi connectivity index (χ3n) is 13.7. The van der Waals surface area contributed by atoms with E-state index < -0.39 is 0 Å². The first-order valence-corrected chi connectivity index (χ1v) is 21.0. The Labute approximate surface area is 344 Å². The van der Waals surface area contributed by atoms with Gasteiger partial charge in [0.15, 0.2) is 0 Å². The number of rotatable bonds is 4. The largest absolute Gasteiger partial charge is 0.357 e. The summed E-state index contributed by atoms with van der Waals surface area (Å²) in [6, 6.07) is 56.3. The van der Waals surface area contributed by atoms with E-state index in [4.69, 9.17) is 4.98 Å². The van der Waals surface area contributed by atoms with E-state index in [-0.39, 0.29) is 17.5 Å². The van der Waals surface area contributed by atoms with Crippen molar-refractivity contribution in [1.82, 2.24) is 9.55 Å². The number of hydrogen-bond donors (Lipinski definition) is 0. The SMILES string of the molecule is CC1(C)C2C=CC=CC2N(c2ccc(-c3nc4c5ccccc5c5ccccc5c4n3-c3ccc(-c4c5ccccc5cc5ccccc45)cc3)cc2)C2C=CC=CC21. The van der Waals surface area contributed by atoms with Crippen molar-refractivity contribution < 1.29 is 0 Å². The molecule has 1 aromatic heterocycles. The van der Waals surface area contributed by atoms with Crippen molar-refractivity contribution in [3.05, 3.63) is 200 Å². The first kappa shape index (κ1) is 34.1. The third kappa shape index (κ3) is 5.10. The summed E-state index contributed by atoms with van der Waals surface area (Å²) in [5.41, 5.74) is 8.15. The number of anilines is 1. The van der Waals surface area contributed by atoms with Crippen molar-refractivity contribution in [2.75, 3.05) is 4.90 Å². The van der Waals surface area contributed by atoms with E-state index in [0.29, 0.717) is 11.8 Å². The highest BCUT2D eigenvalue weighted by molar-refractivity contribution is 6.24. The minimum absolute atomic E-state index is 0.126. The fraction of sp³-hybridized carbons (Fsp3) is 0.125. The molecule has 3 aliphatic rings. The predicted octanol–water partition coefficient (Wildman–Crippen LogP) is 14.0. The number of piperidine rings is 1. The van der Waals surface area contributed by atoms with Crippen molar-refractivity contribution in [2.45, 2.75) is 25.9 Å². The summed E-state index contributed by atoms with van der Waals surface area (Å²) in [4.78, 5) is 8.26. The number of hydrogen-bond acceptors (Lipinski definition) is 2. The molecule has 3 nitrogen and oxygen atoms in total. The number of fused-ring (bicyclic) bond motifs is 10. The smallest absolute Gasteiger partial charge is 0.145 e. The molecule has 282 valence electrons. The molecule has 9 aromatic rings. The second kappa shape index (κ2) is 13.0. The monoisotopic (exact) mass is 757 g/mol. The van der Waals surface area contributed by atoms with Crippen LogP contribution in [0.5, 0.6) is 0 Å². The number of allylic oxidation sites excluding steroid dienone is 4. The number of imidazole rings is 1. The lowest BCUT2D eigenvalue weighted by Gasteiger charge is -2.58. The van der Waals surface area contributed by atoms with Crippen LogP contribution in [-0.4, -0.2) is 21.6 Å². The van der Waals surface area contributed by atoms with Crippen molar-refractivity contribution in [1.29, 1.82) is 0 Å². The summed E-state index contributed by atoms with van der Waals surface area (Å²) in [7, 11) is 0. The zero-order valence-electron chi connectivity index (χ0n) is 33.2. The highest BCUT2D eigenvalue weighted by Crippen LogP contribution is 2.52. The van der Waals surface area contributed by atoms with Crippen LogP contribution in [0.3, 0.4) is 0 Å². The molecule has 0 amide bonds. The highest BCUT2D eigenvalue weighted by Gasteiger charge is 2.51. The van der Waals surface area contributed by atoms with Gasteiger partial charge in [0, 0.05) is 39.5 Å². The summed E-state index contributed by atoms with van der Waals surface area (Å²) < 4.78 is 2.41. The Morgan fingerprint density at radius 2 is 0.932 bits per heavy atom. The third-order valence-corrected chi connectivity index (χ3v) is 13.7. The fourth-order valence-corrected chi connectivity index (χ4v) is 10.9. The van der Waals surface area contributed by atoms with Gasteiger partial charge in [-0.3, -0.25) is 4.57 Å². The maximum absolute atomic E-state index is 5.60. The van der Waals surface area contributed by atoms with Gasteiger partial charge in [-0.25, -0.2) is 4.98 Å². The Morgan fingerprint density at radius 3 is 1.54 bits per heavy atom. The topological polar surface area (TPSA) is 21.1 Å². The molecule has 1 aliphatic heterocycles. The second-order valence-corrected chi connectivity index (χ2v) is 17.1. The van der Waals surface area contributed by atoms with Crippen molar-refractivity contribution in [3.8, 4) is 28.2 Å². The molecule has 4 atom stereocenters. The lowest BCUT2D eigenvalue weighted by atomic mass is 9.59. The van der Waals surface area contributed by atoms with Crippen LogP contribution >= 0.6 is 0 Å². The molecule has 0 saturated carbocycles. The highest BCUT2D eigenvalue weighted by atomic mass is 15.2. The van der Waals surface area contributed by atoms with Crippen LogP contribution < -0.4 is 4.90 Å². The average molecular weight is 758 g/mol. The van der Waals surface area contributed by atoms with Crippen LogP contribution in [0.2, 0.25) is 0 Å². The molecule has 4 unspecified atom stereocenters. The van der Waals surface area contributed by atoms with Gasteiger partial charge in [-0.2, -0.15) is 0 Å². The van der Waals surface area contributed by atoms with E-state index in [0.717, 1.165) is 28.1 Å². The summed E-state index contributed by atoms with van der Waals surface area (Å²) >= 11 is 0. The molecule has 0 spiro atoms. The van der Waals surface area contributed by atoms with Gasteiger partial charge in [-0.05, 0) is 91.3 Å². The zero-order chi connectivity index (χ0) is 39.2. The van der Waals surface area contributed by atoms with Crippen LogP contribution in [0, 0.1) is 17.3 Å². The Morgan fingerprint density at radius 1 is 0.458 bits per heavy atom. The Kier molecular flexibility index (Phi) is 7.53. The molecule has 3 heteroatoms. The van der Waals surface area contributed by atoms with Crippen LogP contribution in [0.25, 0.3) is 82.3 Å². The maximum Gasteiger partial charge on any atom is 0.145 e. The minimum atomic E-state index is 0.126. The van der Waals surface area contributed by atoms with Gasteiger partial charge < -0.3 is 4.90 Å². The van der Waals surface area contributed by atoms with Crippen LogP contribution in [0.1, 0.15) is 13.8 Å². The van der Waals surface area contributed by atoms with Crippen molar-refractivity contribution in [3.63, 3.8) is 0 Å². The van der Waals surface area contributed by atoms with E-state index in [1.807, 2.05) is 0 Å². The molecule has 2 aliphatic carbocycles. The molecule has 1 saturated heterocycles. The molecule has 8 aromatic carbocycles. The zero-order valence-corrected chi connectivity index (χ0v) is 33.2. The summed E-state index contributed by atoms with van der Waals surface area (Å²) in [6.45, 7) is 4.90. The lowest BCUT2D eigenvalue weighted by molar-refractivity contribution is 0.109. The van der Waals surface area contributed by atoms with E-state index in [1.165, 1.54) is 59.9 Å². The Hall–Kier alpha value is -6.97. The maximum atomic E-state index is 5.60. The second-order valence-electron chi connectivity index (χ2n) is 17.1. The summed E-state index contributed by atoms with van der Waals surface area (Å²) in [6.07, 6.45) is 18.6. The van der Waals surface area contributed by atoms with E-state index in [2.05, 4.69) is 224 Å². The molecule has 0 radical (unpaired) electrons. The first-order valence-electron chi connectivity index (χ1n) is 21.0. The molecule has 12 rings (SSSR count). The fourth-order valence-electron chi connectivity index (χ4n) is 10.9. The van der Waals surface area contributed by atoms with Gasteiger partial charge in [0.25, 0.3) is 0 Å². The quantitative estimate of drug-likeness (QED) is 0.132. The summed E-state index contributed by atoms with van der Waals surface area (Å²) in [5, 5.41) is 9.85. The molecule has 59 heavy (non-hydrogen) atoms. The van der Waals surface area contributed by atoms with Gasteiger partial charge in [0.2, 0.25) is 0 Å². The number of benzene rings is 8. The standard InChI is InChI=1S/C56H43N3/c1-56(2)48-23-11-13-25-50(48)58(51-26-14-12-24-49(51)56)40-33-29-37(30-34-40)55-57-53-46-21-9-7-19-44(46)45-20-8-10-22-47(45)54(53)59(55)41-31-27-36(28-32-41)52-42-17-5-3-15-38(42)35-39-16-4-6-18-43(39)52/h3-35,48-51H,1-2H3. The lowest BCUT2D eigenvalue weighted by Crippen LogP contribution is -2.61. The minimum Gasteiger partial charge on any atom is -0.357 e. The van der Waals surface area contributed by atoms with E-state index in [9.17, 15) is 0 Å². The van der Waals surface area contributed by atoms with Gasteiger partial charge in [0.1, 0.15) is 5.82 Å². The van der Waals surface area contributed by atoms with Gasteiger partial charge >= 0.3 is 0 Å². The van der Waals surface area contributed by atoms with E-state index in [1.54, 1.807) is 0 Å². The van der Waals surface area contributed by atoms with E-state index >= 15 is 0 Å². The molecule has 0 bridgehead atoms. The molecular formula is C56H43N3. The Balaban J connectivity index is 1.05. The van der Waals surface area contributed by atoms with Crippen LogP contribution in [0.4, 0.5) is 5.69 Å². The molecular weight excluding hydrogens is 715 g/mol. The van der Waals surface area contributed by atoms with Crippen molar-refractivity contribution >= 4 is 59.8 Å². The number of aromatic nitrogens is 2. The molecule has 0 N–H and O–H groups in total. The first-order chi connectivity index (χ1) is 29.0. The average Bonchev–Trinajstić information content (AvgIpc) is 3.70. The van der Waals surface area contributed by atoms with Gasteiger partial charge in [-0.15, -0.1) is 0 Å².